The number of anilines is 2. The van der Waals surface area contributed by atoms with Gasteiger partial charge in [0, 0.05) is 9.79 Å². The number of hydrogen-bond acceptors (Lipinski definition) is 3. The quantitative estimate of drug-likeness (QED) is 0.874. The van der Waals surface area contributed by atoms with Gasteiger partial charge in [-0.3, -0.25) is 4.79 Å². The predicted octanol–water partition coefficient (Wildman–Crippen LogP) is 3.55. The molecule has 0 radical (unpaired) electrons. The largest absolute Gasteiger partial charge is 0.335 e. The third-order valence-electron chi connectivity index (χ3n) is 3.13. The Morgan fingerprint density at radius 3 is 2.20 bits per heavy atom. The second-order valence-electron chi connectivity index (χ2n) is 4.37. The van der Waals surface area contributed by atoms with Crippen LogP contribution in [0, 0.1) is 0 Å². The van der Waals surface area contributed by atoms with E-state index < -0.39 is 0 Å². The van der Waals surface area contributed by atoms with E-state index in [4.69, 9.17) is 0 Å². The fourth-order valence-corrected chi connectivity index (χ4v) is 3.28. The minimum absolute atomic E-state index is 0.168. The molecular weight excluding hydrogens is 268 g/mol. The van der Waals surface area contributed by atoms with Gasteiger partial charge in [-0.1, -0.05) is 42.6 Å². The van der Waals surface area contributed by atoms with Gasteiger partial charge in [0.2, 0.25) is 5.91 Å². The van der Waals surface area contributed by atoms with Gasteiger partial charge in [-0.2, -0.15) is 0 Å². The molecule has 0 atom stereocenters. The summed E-state index contributed by atoms with van der Waals surface area (Å²) in [6, 6.07) is 16.4. The van der Waals surface area contributed by atoms with Crippen LogP contribution in [0.3, 0.4) is 0 Å². The Morgan fingerprint density at radius 2 is 1.65 bits per heavy atom. The van der Waals surface area contributed by atoms with Crippen LogP contribution in [-0.2, 0) is 4.79 Å². The van der Waals surface area contributed by atoms with E-state index in [9.17, 15) is 4.79 Å². The van der Waals surface area contributed by atoms with Crippen molar-refractivity contribution in [1.82, 2.24) is 5.32 Å². The molecule has 20 heavy (non-hydrogen) atoms. The molecule has 3 rings (SSSR count). The maximum atomic E-state index is 11.4. The van der Waals surface area contributed by atoms with Gasteiger partial charge in [0.25, 0.3) is 0 Å². The number of hydrogen-bond donors (Lipinski definition) is 1. The topological polar surface area (TPSA) is 32.3 Å². The van der Waals surface area contributed by atoms with Gasteiger partial charge in [0.15, 0.2) is 0 Å². The van der Waals surface area contributed by atoms with E-state index in [0.717, 1.165) is 11.4 Å². The molecule has 0 fully saturated rings. The number of para-hydroxylation sites is 2. The van der Waals surface area contributed by atoms with Crippen molar-refractivity contribution in [2.24, 2.45) is 0 Å². The van der Waals surface area contributed by atoms with Crippen LogP contribution in [0.5, 0.6) is 0 Å². The summed E-state index contributed by atoms with van der Waals surface area (Å²) in [5.74, 6) is -0.168. The molecule has 0 bridgehead atoms. The molecule has 2 aromatic carbocycles. The number of carbonyl (C=O) groups excluding carboxylic acids is 1. The van der Waals surface area contributed by atoms with E-state index in [2.05, 4.69) is 41.1 Å². The summed E-state index contributed by atoms with van der Waals surface area (Å²) in [4.78, 5) is 15.9. The van der Waals surface area contributed by atoms with Crippen LogP contribution in [0.1, 0.15) is 0 Å². The van der Waals surface area contributed by atoms with E-state index in [1.165, 1.54) is 15.9 Å². The standard InChI is InChI=1S/C16H14N2OS/c1-2-16(19)17-11-18-12-7-3-5-9-14(12)20-15-10-6-4-8-13(15)18/h2-10H,1,11H2,(H,17,19). The lowest BCUT2D eigenvalue weighted by Crippen LogP contribution is -2.35. The zero-order valence-corrected chi connectivity index (χ0v) is 11.7. The second-order valence-corrected chi connectivity index (χ2v) is 5.45. The van der Waals surface area contributed by atoms with Crippen LogP contribution >= 0.6 is 11.8 Å². The van der Waals surface area contributed by atoms with Crippen molar-refractivity contribution < 1.29 is 4.79 Å². The Labute approximate surface area is 122 Å². The number of rotatable bonds is 3. The minimum atomic E-state index is -0.168. The van der Waals surface area contributed by atoms with Crippen molar-refractivity contribution in [3.8, 4) is 0 Å². The summed E-state index contributed by atoms with van der Waals surface area (Å²) in [7, 11) is 0. The zero-order chi connectivity index (χ0) is 13.9. The molecule has 2 aromatic rings. The first-order valence-electron chi connectivity index (χ1n) is 6.33. The number of carbonyl (C=O) groups is 1. The molecule has 0 aromatic heterocycles. The molecule has 4 heteroatoms. The molecule has 0 spiro atoms. The van der Waals surface area contributed by atoms with Gasteiger partial charge in [-0.05, 0) is 30.3 Å². The van der Waals surface area contributed by atoms with Crippen LogP contribution in [0.2, 0.25) is 0 Å². The van der Waals surface area contributed by atoms with E-state index in [0.29, 0.717) is 6.67 Å². The van der Waals surface area contributed by atoms with Crippen LogP contribution in [0.4, 0.5) is 11.4 Å². The molecule has 100 valence electrons. The number of amides is 1. The Hall–Kier alpha value is -2.20. The normalized spacial score (nSPS) is 12.3. The molecule has 0 saturated carbocycles. The van der Waals surface area contributed by atoms with Crippen molar-refractivity contribution >= 4 is 29.0 Å². The number of nitrogens with one attached hydrogen (secondary N) is 1. The summed E-state index contributed by atoms with van der Waals surface area (Å²) in [6.45, 7) is 3.91. The molecular formula is C16H14N2OS. The van der Waals surface area contributed by atoms with Crippen LogP contribution in [0.25, 0.3) is 0 Å². The molecule has 1 N–H and O–H groups in total. The molecule has 1 amide bonds. The first kappa shape index (κ1) is 12.8. The Bertz CT molecular complexity index is 624. The number of nitrogens with zero attached hydrogens (tertiary/aromatic N) is 1. The van der Waals surface area contributed by atoms with E-state index >= 15 is 0 Å². The smallest absolute Gasteiger partial charge is 0.244 e. The van der Waals surface area contributed by atoms with Crippen molar-refractivity contribution in [1.29, 1.82) is 0 Å². The molecule has 0 saturated heterocycles. The highest BCUT2D eigenvalue weighted by Crippen LogP contribution is 2.47. The number of benzene rings is 2. The monoisotopic (exact) mass is 282 g/mol. The van der Waals surface area contributed by atoms with Gasteiger partial charge in [-0.15, -0.1) is 0 Å². The molecule has 1 aliphatic heterocycles. The summed E-state index contributed by atoms with van der Waals surface area (Å²) in [5.41, 5.74) is 2.22. The van der Waals surface area contributed by atoms with Crippen LogP contribution < -0.4 is 10.2 Å². The second kappa shape index (κ2) is 5.43. The van der Waals surface area contributed by atoms with E-state index in [1.807, 2.05) is 24.3 Å². The summed E-state index contributed by atoms with van der Waals surface area (Å²) in [6.07, 6.45) is 1.29. The van der Waals surface area contributed by atoms with Crippen molar-refractivity contribution in [2.45, 2.75) is 9.79 Å². The van der Waals surface area contributed by atoms with Crippen LogP contribution in [0.15, 0.2) is 71.0 Å². The van der Waals surface area contributed by atoms with Gasteiger partial charge in [0.1, 0.15) is 0 Å². The minimum Gasteiger partial charge on any atom is -0.335 e. The average molecular weight is 282 g/mol. The number of fused-ring (bicyclic) bond motifs is 2. The highest BCUT2D eigenvalue weighted by Gasteiger charge is 2.22. The maximum Gasteiger partial charge on any atom is 0.244 e. The zero-order valence-electron chi connectivity index (χ0n) is 10.9. The Morgan fingerprint density at radius 1 is 1.10 bits per heavy atom. The molecule has 0 aliphatic carbocycles. The first-order valence-corrected chi connectivity index (χ1v) is 7.15. The fourth-order valence-electron chi connectivity index (χ4n) is 2.18. The molecule has 1 aliphatic rings. The molecule has 3 nitrogen and oxygen atoms in total. The fraction of sp³-hybridized carbons (Fsp3) is 0.0625. The summed E-state index contributed by atoms with van der Waals surface area (Å²) in [5, 5.41) is 2.84. The third kappa shape index (κ3) is 2.30. The molecule has 1 heterocycles. The lowest BCUT2D eigenvalue weighted by Gasteiger charge is -2.32. The van der Waals surface area contributed by atoms with Crippen molar-refractivity contribution in [3.63, 3.8) is 0 Å². The highest BCUT2D eigenvalue weighted by atomic mass is 32.2. The highest BCUT2D eigenvalue weighted by molar-refractivity contribution is 7.99. The summed E-state index contributed by atoms with van der Waals surface area (Å²) >= 11 is 1.75. The third-order valence-corrected chi connectivity index (χ3v) is 4.26. The van der Waals surface area contributed by atoms with Crippen molar-refractivity contribution in [2.75, 3.05) is 11.6 Å². The van der Waals surface area contributed by atoms with Gasteiger partial charge < -0.3 is 10.2 Å². The van der Waals surface area contributed by atoms with Gasteiger partial charge >= 0.3 is 0 Å². The van der Waals surface area contributed by atoms with Crippen LogP contribution in [-0.4, -0.2) is 12.6 Å². The Kier molecular flexibility index (Phi) is 3.48. The van der Waals surface area contributed by atoms with Gasteiger partial charge in [0.05, 0.1) is 18.0 Å². The molecule has 0 unspecified atom stereocenters. The Balaban J connectivity index is 1.99. The first-order chi connectivity index (χ1) is 9.79. The summed E-state index contributed by atoms with van der Waals surface area (Å²) < 4.78 is 0. The van der Waals surface area contributed by atoms with Crippen molar-refractivity contribution in [3.05, 3.63) is 61.2 Å². The van der Waals surface area contributed by atoms with E-state index in [-0.39, 0.29) is 5.91 Å². The van der Waals surface area contributed by atoms with Gasteiger partial charge in [-0.25, -0.2) is 0 Å². The average Bonchev–Trinajstić information content (AvgIpc) is 2.51. The SMILES string of the molecule is C=CC(=O)NCN1c2ccccc2Sc2ccccc21. The lowest BCUT2D eigenvalue weighted by atomic mass is 10.2. The predicted molar refractivity (Wildman–Crippen MR) is 82.4 cm³/mol. The maximum absolute atomic E-state index is 11.4. The van der Waals surface area contributed by atoms with E-state index in [1.54, 1.807) is 11.8 Å². The lowest BCUT2D eigenvalue weighted by molar-refractivity contribution is -0.116.